The summed E-state index contributed by atoms with van der Waals surface area (Å²) < 4.78 is 10.4. The van der Waals surface area contributed by atoms with Gasteiger partial charge in [-0.25, -0.2) is 0 Å². The molecule has 0 heterocycles. The molecular weight excluding hydrogens is 182 g/mol. The lowest BCUT2D eigenvalue weighted by molar-refractivity contribution is 0.196. The first-order valence-electron chi connectivity index (χ1n) is 4.41. The van der Waals surface area contributed by atoms with Crippen LogP contribution in [0.1, 0.15) is 0 Å². The number of benzene rings is 1. The number of aliphatic hydroxyl groups is 1. The van der Waals surface area contributed by atoms with E-state index in [1.807, 2.05) is 25.2 Å². The van der Waals surface area contributed by atoms with Crippen molar-refractivity contribution in [2.75, 3.05) is 32.7 Å². The fourth-order valence-electron chi connectivity index (χ4n) is 1.10. The molecule has 1 aromatic rings. The van der Waals surface area contributed by atoms with Gasteiger partial charge in [0.25, 0.3) is 0 Å². The Morgan fingerprint density at radius 3 is 2.71 bits per heavy atom. The summed E-state index contributed by atoms with van der Waals surface area (Å²) in [6, 6.07) is 5.54. The minimum Gasteiger partial charge on any atom is -0.493 e. The summed E-state index contributed by atoms with van der Waals surface area (Å²) in [5.41, 5.74) is 0.943. The first-order valence-corrected chi connectivity index (χ1v) is 4.41. The number of rotatable bonds is 5. The first kappa shape index (κ1) is 10.7. The number of aliphatic hydroxyl groups excluding tert-OH is 1. The molecule has 0 bridgehead atoms. The maximum atomic E-state index is 8.64. The molecule has 4 heteroatoms. The van der Waals surface area contributed by atoms with Crippen LogP contribution in [0.25, 0.3) is 0 Å². The van der Waals surface area contributed by atoms with Crippen LogP contribution in [0.15, 0.2) is 18.2 Å². The van der Waals surface area contributed by atoms with Crippen LogP contribution in [-0.4, -0.2) is 32.5 Å². The second-order valence-electron chi connectivity index (χ2n) is 2.69. The molecule has 0 saturated heterocycles. The van der Waals surface area contributed by atoms with Gasteiger partial charge < -0.3 is 19.9 Å². The zero-order chi connectivity index (χ0) is 10.4. The molecule has 0 unspecified atom stereocenters. The van der Waals surface area contributed by atoms with Crippen molar-refractivity contribution in [1.29, 1.82) is 0 Å². The van der Waals surface area contributed by atoms with Crippen molar-refractivity contribution in [1.82, 2.24) is 0 Å². The maximum absolute atomic E-state index is 8.64. The third-order valence-corrected chi connectivity index (χ3v) is 1.80. The zero-order valence-electron chi connectivity index (χ0n) is 8.41. The number of hydrogen-bond donors (Lipinski definition) is 2. The van der Waals surface area contributed by atoms with Gasteiger partial charge in [-0.1, -0.05) is 0 Å². The third-order valence-electron chi connectivity index (χ3n) is 1.80. The Morgan fingerprint density at radius 1 is 1.36 bits per heavy atom. The second kappa shape index (κ2) is 5.34. The highest BCUT2D eigenvalue weighted by molar-refractivity contribution is 5.54. The molecule has 0 fully saturated rings. The van der Waals surface area contributed by atoms with Crippen LogP contribution < -0.4 is 14.8 Å². The van der Waals surface area contributed by atoms with E-state index in [1.165, 1.54) is 0 Å². The van der Waals surface area contributed by atoms with Crippen LogP contribution >= 0.6 is 0 Å². The summed E-state index contributed by atoms with van der Waals surface area (Å²) in [5.74, 6) is 1.30. The SMILES string of the molecule is CNc1ccc(OC)c(OCCO)c1. The van der Waals surface area contributed by atoms with Crippen LogP contribution in [0.4, 0.5) is 5.69 Å². The molecular formula is C10H15NO3. The molecule has 0 saturated carbocycles. The molecule has 0 atom stereocenters. The molecule has 2 N–H and O–H groups in total. The largest absolute Gasteiger partial charge is 0.493 e. The van der Waals surface area contributed by atoms with E-state index in [9.17, 15) is 0 Å². The second-order valence-corrected chi connectivity index (χ2v) is 2.69. The summed E-state index contributed by atoms with van der Waals surface area (Å²) in [6.45, 7) is 0.260. The number of nitrogens with one attached hydrogen (secondary N) is 1. The van der Waals surface area contributed by atoms with Gasteiger partial charge in [0, 0.05) is 18.8 Å². The normalized spacial score (nSPS) is 9.64. The Balaban J connectivity index is 2.84. The van der Waals surface area contributed by atoms with Crippen molar-refractivity contribution >= 4 is 5.69 Å². The van der Waals surface area contributed by atoms with Gasteiger partial charge in [-0.15, -0.1) is 0 Å². The van der Waals surface area contributed by atoms with E-state index in [1.54, 1.807) is 7.11 Å². The van der Waals surface area contributed by atoms with E-state index in [2.05, 4.69) is 5.32 Å². The van der Waals surface area contributed by atoms with Crippen LogP contribution in [0, 0.1) is 0 Å². The van der Waals surface area contributed by atoms with Crippen molar-refractivity contribution < 1.29 is 14.6 Å². The Morgan fingerprint density at radius 2 is 2.14 bits per heavy atom. The van der Waals surface area contributed by atoms with Crippen LogP contribution in [0.3, 0.4) is 0 Å². The minimum atomic E-state index is -0.00701. The van der Waals surface area contributed by atoms with Gasteiger partial charge in [0.1, 0.15) is 6.61 Å². The van der Waals surface area contributed by atoms with Gasteiger partial charge in [-0.05, 0) is 12.1 Å². The van der Waals surface area contributed by atoms with Gasteiger partial charge in [-0.3, -0.25) is 0 Å². The summed E-state index contributed by atoms with van der Waals surface area (Å²) in [4.78, 5) is 0. The lowest BCUT2D eigenvalue weighted by Gasteiger charge is -2.11. The van der Waals surface area contributed by atoms with E-state index >= 15 is 0 Å². The molecule has 14 heavy (non-hydrogen) atoms. The van der Waals surface area contributed by atoms with Gasteiger partial charge in [0.2, 0.25) is 0 Å². The lowest BCUT2D eigenvalue weighted by Crippen LogP contribution is -2.03. The molecule has 0 spiro atoms. The molecule has 0 aromatic heterocycles. The fourth-order valence-corrected chi connectivity index (χ4v) is 1.10. The molecule has 0 amide bonds. The Hall–Kier alpha value is -1.42. The lowest BCUT2D eigenvalue weighted by atomic mass is 10.3. The van der Waals surface area contributed by atoms with Gasteiger partial charge in [0.05, 0.1) is 13.7 Å². The molecule has 78 valence electrons. The van der Waals surface area contributed by atoms with E-state index < -0.39 is 0 Å². The Labute approximate surface area is 83.5 Å². The van der Waals surface area contributed by atoms with Gasteiger partial charge >= 0.3 is 0 Å². The fraction of sp³-hybridized carbons (Fsp3) is 0.400. The molecule has 0 aliphatic carbocycles. The van der Waals surface area contributed by atoms with Crippen LogP contribution in [0.5, 0.6) is 11.5 Å². The van der Waals surface area contributed by atoms with Crippen molar-refractivity contribution in [2.24, 2.45) is 0 Å². The smallest absolute Gasteiger partial charge is 0.163 e. The summed E-state index contributed by atoms with van der Waals surface area (Å²) in [7, 11) is 3.41. The number of anilines is 1. The van der Waals surface area contributed by atoms with E-state index in [0.29, 0.717) is 11.5 Å². The molecule has 1 aromatic carbocycles. The van der Waals surface area contributed by atoms with Crippen molar-refractivity contribution in [3.8, 4) is 11.5 Å². The van der Waals surface area contributed by atoms with Crippen molar-refractivity contribution in [3.63, 3.8) is 0 Å². The maximum Gasteiger partial charge on any atom is 0.163 e. The predicted octanol–water partition coefficient (Wildman–Crippen LogP) is 1.11. The number of ether oxygens (including phenoxy) is 2. The van der Waals surface area contributed by atoms with E-state index in [0.717, 1.165) is 5.69 Å². The average molecular weight is 197 g/mol. The van der Waals surface area contributed by atoms with E-state index in [-0.39, 0.29) is 13.2 Å². The third kappa shape index (κ3) is 2.53. The quantitative estimate of drug-likeness (QED) is 0.742. The van der Waals surface area contributed by atoms with Crippen LogP contribution in [0.2, 0.25) is 0 Å². The van der Waals surface area contributed by atoms with Gasteiger partial charge in [-0.2, -0.15) is 0 Å². The summed E-state index contributed by atoms with van der Waals surface area (Å²) in [5, 5.41) is 11.6. The molecule has 0 radical (unpaired) electrons. The number of hydrogen-bond acceptors (Lipinski definition) is 4. The topological polar surface area (TPSA) is 50.7 Å². The predicted molar refractivity (Wildman–Crippen MR) is 55.1 cm³/mol. The van der Waals surface area contributed by atoms with Crippen molar-refractivity contribution in [2.45, 2.75) is 0 Å². The van der Waals surface area contributed by atoms with Crippen LogP contribution in [-0.2, 0) is 0 Å². The summed E-state index contributed by atoms with van der Waals surface area (Å²) >= 11 is 0. The highest BCUT2D eigenvalue weighted by Crippen LogP contribution is 2.29. The minimum absolute atomic E-state index is 0.00701. The highest BCUT2D eigenvalue weighted by atomic mass is 16.5. The monoisotopic (exact) mass is 197 g/mol. The zero-order valence-corrected chi connectivity index (χ0v) is 8.41. The molecule has 0 aliphatic rings. The first-order chi connectivity index (χ1) is 6.81. The van der Waals surface area contributed by atoms with E-state index in [4.69, 9.17) is 14.6 Å². The standard InChI is InChI=1S/C10H15NO3/c1-11-8-3-4-9(13-2)10(7-8)14-6-5-12/h3-4,7,11-12H,5-6H2,1-2H3. The Bertz CT molecular complexity index is 289. The molecule has 0 aliphatic heterocycles. The highest BCUT2D eigenvalue weighted by Gasteiger charge is 2.04. The van der Waals surface area contributed by atoms with Crippen molar-refractivity contribution in [3.05, 3.63) is 18.2 Å². The summed E-state index contributed by atoms with van der Waals surface area (Å²) in [6.07, 6.45) is 0. The molecule has 4 nitrogen and oxygen atoms in total. The average Bonchev–Trinajstić information content (AvgIpc) is 2.25. The molecule has 1 rings (SSSR count). The Kier molecular flexibility index (Phi) is 4.07. The van der Waals surface area contributed by atoms with Gasteiger partial charge in [0.15, 0.2) is 11.5 Å². The number of methoxy groups -OCH3 is 1.